The van der Waals surface area contributed by atoms with Crippen LogP contribution in [0.3, 0.4) is 0 Å². The fourth-order valence-electron chi connectivity index (χ4n) is 5.77. The van der Waals surface area contributed by atoms with Gasteiger partial charge in [-0.1, -0.05) is 19.1 Å². The third-order valence-corrected chi connectivity index (χ3v) is 7.74. The number of benzene rings is 1. The molecule has 2 N–H and O–H groups in total. The Labute approximate surface area is 222 Å². The van der Waals surface area contributed by atoms with E-state index in [1.54, 1.807) is 17.0 Å². The van der Waals surface area contributed by atoms with Crippen molar-refractivity contribution in [2.45, 2.75) is 45.6 Å². The molecular weight excluding hydrogens is 476 g/mol. The second-order valence-electron chi connectivity index (χ2n) is 10.1. The molecule has 1 fully saturated rings. The van der Waals surface area contributed by atoms with E-state index in [1.165, 1.54) is 16.8 Å². The average Bonchev–Trinajstić information content (AvgIpc) is 3.47. The number of anilines is 3. The highest BCUT2D eigenvalue weighted by Gasteiger charge is 2.25. The van der Waals surface area contributed by atoms with Gasteiger partial charge >= 0.3 is 0 Å². The van der Waals surface area contributed by atoms with Gasteiger partial charge < -0.3 is 15.5 Å². The maximum atomic E-state index is 13.3. The lowest BCUT2D eigenvalue weighted by Gasteiger charge is -2.30. The van der Waals surface area contributed by atoms with Crippen LogP contribution in [0.2, 0.25) is 0 Å². The Bertz CT molecular complexity index is 1560. The number of fused-ring (bicyclic) bond motifs is 2. The number of aryl methyl sites for hydroxylation is 2. The number of aromatic nitrogens is 5. The largest absolute Gasteiger partial charge is 0.369 e. The summed E-state index contributed by atoms with van der Waals surface area (Å²) in [5, 5.41) is 7.20. The van der Waals surface area contributed by atoms with Gasteiger partial charge in [-0.2, -0.15) is 4.98 Å². The number of nitrogens with one attached hydrogen (secondary N) is 2. The molecule has 4 aromatic rings. The van der Waals surface area contributed by atoms with Crippen molar-refractivity contribution in [1.82, 2.24) is 29.6 Å². The Morgan fingerprint density at radius 3 is 2.79 bits per heavy atom. The highest BCUT2D eigenvalue weighted by Crippen LogP contribution is 2.34. The van der Waals surface area contributed by atoms with Crippen molar-refractivity contribution >= 4 is 28.4 Å². The lowest BCUT2D eigenvalue weighted by molar-refractivity contribution is 0.588. The van der Waals surface area contributed by atoms with Crippen LogP contribution in [0.15, 0.2) is 54.0 Å². The lowest BCUT2D eigenvalue weighted by atomic mass is 10.0. The summed E-state index contributed by atoms with van der Waals surface area (Å²) in [4.78, 5) is 30.1. The molecule has 9 heteroatoms. The summed E-state index contributed by atoms with van der Waals surface area (Å²) in [6.45, 7) is 12.5. The van der Waals surface area contributed by atoms with E-state index in [1.807, 2.05) is 10.7 Å². The second kappa shape index (κ2) is 10.1. The van der Waals surface area contributed by atoms with E-state index in [9.17, 15) is 4.79 Å². The Hall–Kier alpha value is -3.98. The summed E-state index contributed by atoms with van der Waals surface area (Å²) in [6.07, 6.45) is 6.55. The van der Waals surface area contributed by atoms with Gasteiger partial charge in [-0.25, -0.2) is 19.3 Å². The molecule has 0 radical (unpaired) electrons. The summed E-state index contributed by atoms with van der Waals surface area (Å²) < 4.78 is 3.45. The first-order chi connectivity index (χ1) is 18.6. The van der Waals surface area contributed by atoms with E-state index < -0.39 is 0 Å². The molecule has 1 saturated heterocycles. The second-order valence-corrected chi connectivity index (χ2v) is 10.1. The van der Waals surface area contributed by atoms with E-state index >= 15 is 0 Å². The molecule has 1 unspecified atom stereocenters. The number of hydrogen-bond donors (Lipinski definition) is 2. The molecule has 1 aliphatic heterocycles. The molecule has 9 nitrogen and oxygen atoms in total. The van der Waals surface area contributed by atoms with E-state index in [-0.39, 0.29) is 5.56 Å². The number of hydrogen-bond acceptors (Lipinski definition) is 7. The first-order valence-corrected chi connectivity index (χ1v) is 13.5. The Kier molecular flexibility index (Phi) is 6.45. The number of nitrogens with zero attached hydrogens (tertiary/aromatic N) is 6. The molecule has 6 rings (SSSR count). The monoisotopic (exact) mass is 510 g/mol. The minimum atomic E-state index is -0.156. The van der Waals surface area contributed by atoms with Crippen LogP contribution >= 0.6 is 0 Å². The molecule has 196 valence electrons. The van der Waals surface area contributed by atoms with Gasteiger partial charge in [0, 0.05) is 55.4 Å². The van der Waals surface area contributed by atoms with E-state index in [2.05, 4.69) is 65.2 Å². The van der Waals surface area contributed by atoms with Crippen molar-refractivity contribution in [3.63, 3.8) is 0 Å². The summed E-state index contributed by atoms with van der Waals surface area (Å²) in [6, 6.07) is 10.5. The van der Waals surface area contributed by atoms with Gasteiger partial charge in [-0.05, 0) is 61.6 Å². The molecule has 0 saturated carbocycles. The summed E-state index contributed by atoms with van der Waals surface area (Å²) >= 11 is 0. The number of rotatable bonds is 7. The summed E-state index contributed by atoms with van der Waals surface area (Å²) in [5.74, 6) is 1.58. The van der Waals surface area contributed by atoms with Crippen LogP contribution in [-0.2, 0) is 13.0 Å². The van der Waals surface area contributed by atoms with Gasteiger partial charge in [-0.3, -0.25) is 4.79 Å². The van der Waals surface area contributed by atoms with E-state index in [4.69, 9.17) is 9.97 Å². The van der Waals surface area contributed by atoms with Crippen LogP contribution in [0.1, 0.15) is 42.5 Å². The predicted molar refractivity (Wildman–Crippen MR) is 152 cm³/mol. The Balaban J connectivity index is 1.39. The lowest BCUT2D eigenvalue weighted by Crippen LogP contribution is -2.43. The van der Waals surface area contributed by atoms with E-state index in [0.29, 0.717) is 35.3 Å². The van der Waals surface area contributed by atoms with E-state index in [0.717, 1.165) is 56.8 Å². The minimum Gasteiger partial charge on any atom is -0.369 e. The first kappa shape index (κ1) is 24.4. The molecular formula is C29H34N8O. The first-order valence-electron chi connectivity index (χ1n) is 13.5. The zero-order chi connectivity index (χ0) is 26.2. The maximum Gasteiger partial charge on any atom is 0.278 e. The normalized spacial score (nSPS) is 17.1. The molecule has 0 amide bonds. The Morgan fingerprint density at radius 2 is 2.03 bits per heavy atom. The molecule has 1 aromatic carbocycles. The van der Waals surface area contributed by atoms with Crippen LogP contribution in [0.25, 0.3) is 16.9 Å². The summed E-state index contributed by atoms with van der Waals surface area (Å²) in [5.41, 5.74) is 6.15. The molecule has 38 heavy (non-hydrogen) atoms. The predicted octanol–water partition coefficient (Wildman–Crippen LogP) is 4.06. The van der Waals surface area contributed by atoms with Gasteiger partial charge in [-0.15, -0.1) is 6.58 Å². The standard InChI is InChI=1S/C29H34N8O/c1-4-14-36-28(38)23-18-31-29(32-22-9-10-24(19(3)17-22)35-15-12-30-13-16-35)34-27(23)37(36)25-11-8-21-7-6-20(5-2)26(21)33-25/h4,8-11,17-18,20,30H,1,5-7,12-16H2,2-3H3,(H,31,32,34). The summed E-state index contributed by atoms with van der Waals surface area (Å²) in [7, 11) is 0. The Morgan fingerprint density at radius 1 is 1.18 bits per heavy atom. The SMILES string of the molecule is C=CCn1c(=O)c2cnc(Nc3ccc(N4CCNCC4)c(C)c3)nc2n1-c1ccc2c(n1)C(CC)CC2. The topological polar surface area (TPSA) is 92.9 Å². The van der Waals surface area contributed by atoms with Crippen LogP contribution in [-0.4, -0.2) is 50.5 Å². The molecule has 1 aliphatic carbocycles. The van der Waals surface area contributed by atoms with Crippen molar-refractivity contribution in [2.75, 3.05) is 36.4 Å². The van der Waals surface area contributed by atoms with Gasteiger partial charge in [0.1, 0.15) is 5.39 Å². The fourth-order valence-corrected chi connectivity index (χ4v) is 5.77. The smallest absolute Gasteiger partial charge is 0.278 e. The van der Waals surface area contributed by atoms with Crippen molar-refractivity contribution < 1.29 is 0 Å². The van der Waals surface area contributed by atoms with Crippen molar-refractivity contribution in [2.24, 2.45) is 0 Å². The molecule has 4 heterocycles. The van der Waals surface area contributed by atoms with Crippen molar-refractivity contribution in [3.05, 3.63) is 76.4 Å². The van der Waals surface area contributed by atoms with Crippen LogP contribution in [0.5, 0.6) is 0 Å². The third kappa shape index (κ3) is 4.26. The highest BCUT2D eigenvalue weighted by atomic mass is 16.1. The van der Waals surface area contributed by atoms with Crippen molar-refractivity contribution in [3.8, 4) is 5.82 Å². The number of allylic oxidation sites excluding steroid dienone is 1. The van der Waals surface area contributed by atoms with Gasteiger partial charge in [0.05, 0.1) is 6.54 Å². The average molecular weight is 511 g/mol. The molecule has 0 spiro atoms. The quantitative estimate of drug-likeness (QED) is 0.362. The fraction of sp³-hybridized carbons (Fsp3) is 0.379. The molecule has 2 aliphatic rings. The van der Waals surface area contributed by atoms with Gasteiger partial charge in [0.2, 0.25) is 5.95 Å². The van der Waals surface area contributed by atoms with Crippen LogP contribution < -0.4 is 21.1 Å². The van der Waals surface area contributed by atoms with Crippen LogP contribution in [0.4, 0.5) is 17.3 Å². The van der Waals surface area contributed by atoms with Gasteiger partial charge in [0.15, 0.2) is 11.5 Å². The van der Waals surface area contributed by atoms with Crippen LogP contribution in [0, 0.1) is 6.92 Å². The minimum absolute atomic E-state index is 0.156. The molecule has 3 aromatic heterocycles. The zero-order valence-electron chi connectivity index (χ0n) is 22.1. The van der Waals surface area contributed by atoms with Crippen molar-refractivity contribution in [1.29, 1.82) is 0 Å². The number of piperazine rings is 1. The highest BCUT2D eigenvalue weighted by molar-refractivity contribution is 5.77. The molecule has 0 bridgehead atoms. The zero-order valence-corrected chi connectivity index (χ0v) is 22.1. The third-order valence-electron chi connectivity index (χ3n) is 7.74. The molecule has 1 atom stereocenters. The number of pyridine rings is 1. The maximum absolute atomic E-state index is 13.3. The van der Waals surface area contributed by atoms with Gasteiger partial charge in [0.25, 0.3) is 5.56 Å².